The quantitative estimate of drug-likeness (QED) is 0.572. The molecule has 0 radical (unpaired) electrons. The summed E-state index contributed by atoms with van der Waals surface area (Å²) in [6.07, 6.45) is 3.13. The van der Waals surface area contributed by atoms with E-state index in [4.69, 9.17) is 0 Å². The lowest BCUT2D eigenvalue weighted by Gasteiger charge is -2.30. The van der Waals surface area contributed by atoms with Gasteiger partial charge in [0.1, 0.15) is 0 Å². The number of piperidine rings is 1. The highest BCUT2D eigenvalue weighted by atomic mass is 32.1. The van der Waals surface area contributed by atoms with Gasteiger partial charge in [-0.15, -0.1) is 11.3 Å². The first-order chi connectivity index (χ1) is 15.5. The highest BCUT2D eigenvalue weighted by Gasteiger charge is 2.22. The Balaban J connectivity index is 1.34. The molecule has 0 saturated carbocycles. The van der Waals surface area contributed by atoms with Crippen molar-refractivity contribution in [2.24, 2.45) is 5.92 Å². The van der Waals surface area contributed by atoms with Crippen LogP contribution in [-0.4, -0.2) is 34.8 Å². The van der Waals surface area contributed by atoms with Gasteiger partial charge in [0.15, 0.2) is 0 Å². The van der Waals surface area contributed by atoms with Crippen molar-refractivity contribution in [3.63, 3.8) is 0 Å². The molecule has 1 saturated heterocycles. The predicted molar refractivity (Wildman–Crippen MR) is 129 cm³/mol. The van der Waals surface area contributed by atoms with E-state index < -0.39 is 0 Å². The van der Waals surface area contributed by atoms with Crippen LogP contribution in [-0.2, 0) is 17.6 Å². The summed E-state index contributed by atoms with van der Waals surface area (Å²) in [6.45, 7) is 5.79. The number of carbonyl (C=O) groups excluding carboxylic acids is 2. The summed E-state index contributed by atoms with van der Waals surface area (Å²) in [5.74, 6) is 0.658. The number of carbonyl (C=O) groups is 2. The first-order valence-corrected chi connectivity index (χ1v) is 12.0. The Morgan fingerprint density at radius 2 is 1.88 bits per heavy atom. The molecule has 0 atom stereocenters. The van der Waals surface area contributed by atoms with Crippen molar-refractivity contribution in [2.75, 3.05) is 18.4 Å². The van der Waals surface area contributed by atoms with Crippen molar-refractivity contribution in [2.45, 2.75) is 39.5 Å². The van der Waals surface area contributed by atoms with Crippen LogP contribution in [0.1, 0.15) is 52.0 Å². The van der Waals surface area contributed by atoms with Gasteiger partial charge in [-0.25, -0.2) is 4.98 Å². The molecule has 5 nitrogen and oxygen atoms in total. The lowest BCUT2D eigenvalue weighted by Crippen LogP contribution is -2.37. The number of rotatable bonds is 6. The summed E-state index contributed by atoms with van der Waals surface area (Å²) >= 11 is 1.58. The van der Waals surface area contributed by atoms with Gasteiger partial charge in [0.25, 0.3) is 5.91 Å². The molecule has 1 aliphatic rings. The van der Waals surface area contributed by atoms with Crippen LogP contribution in [0, 0.1) is 12.8 Å². The number of benzene rings is 2. The van der Waals surface area contributed by atoms with Crippen molar-refractivity contribution in [1.82, 2.24) is 9.88 Å². The van der Waals surface area contributed by atoms with Crippen molar-refractivity contribution in [1.29, 1.82) is 0 Å². The molecular formula is C26H29N3O2S. The number of nitrogens with one attached hydrogen (secondary N) is 1. The van der Waals surface area contributed by atoms with Crippen LogP contribution in [0.5, 0.6) is 0 Å². The number of hydrogen-bond donors (Lipinski definition) is 1. The molecule has 2 heterocycles. The van der Waals surface area contributed by atoms with Crippen LogP contribution in [0.3, 0.4) is 0 Å². The lowest BCUT2D eigenvalue weighted by atomic mass is 9.98. The van der Waals surface area contributed by atoms with E-state index in [2.05, 4.69) is 29.4 Å². The fourth-order valence-corrected chi connectivity index (χ4v) is 4.80. The number of anilines is 1. The van der Waals surface area contributed by atoms with Gasteiger partial charge in [-0.1, -0.05) is 37.3 Å². The first kappa shape index (κ1) is 22.2. The van der Waals surface area contributed by atoms with E-state index in [1.54, 1.807) is 11.3 Å². The van der Waals surface area contributed by atoms with E-state index in [0.717, 1.165) is 54.3 Å². The fraction of sp³-hybridized carbons (Fsp3) is 0.346. The van der Waals surface area contributed by atoms with E-state index >= 15 is 0 Å². The van der Waals surface area contributed by atoms with Crippen molar-refractivity contribution in [3.8, 4) is 0 Å². The molecule has 166 valence electrons. The van der Waals surface area contributed by atoms with E-state index in [0.29, 0.717) is 11.5 Å². The van der Waals surface area contributed by atoms with Gasteiger partial charge in [0.05, 0.1) is 17.1 Å². The highest BCUT2D eigenvalue weighted by Crippen LogP contribution is 2.22. The van der Waals surface area contributed by atoms with E-state index in [-0.39, 0.29) is 18.2 Å². The maximum atomic E-state index is 12.8. The summed E-state index contributed by atoms with van der Waals surface area (Å²) in [6, 6.07) is 15.7. The maximum Gasteiger partial charge on any atom is 0.253 e. The maximum absolute atomic E-state index is 12.8. The SMILES string of the molecule is Cc1cc(C(=O)N2CCC(C)CC2)ccc1NC(=O)Cc1csc(Cc2ccccc2)n1. The molecule has 2 amide bonds. The Hall–Kier alpha value is -2.99. The zero-order valence-corrected chi connectivity index (χ0v) is 19.5. The van der Waals surface area contributed by atoms with Crippen molar-refractivity contribution < 1.29 is 9.59 Å². The largest absolute Gasteiger partial charge is 0.339 e. The second-order valence-corrected chi connectivity index (χ2v) is 9.57. The molecule has 1 N–H and O–H groups in total. The minimum Gasteiger partial charge on any atom is -0.339 e. The van der Waals surface area contributed by atoms with E-state index in [1.807, 2.05) is 53.6 Å². The van der Waals surface area contributed by atoms with Gasteiger partial charge in [-0.05, 0) is 55.0 Å². The summed E-state index contributed by atoms with van der Waals surface area (Å²) in [5, 5.41) is 5.93. The predicted octanol–water partition coefficient (Wildman–Crippen LogP) is 5.10. The number of nitrogens with zero attached hydrogens (tertiary/aromatic N) is 2. The summed E-state index contributed by atoms with van der Waals surface area (Å²) in [5.41, 5.74) is 4.29. The minimum atomic E-state index is -0.103. The smallest absolute Gasteiger partial charge is 0.253 e. The molecule has 2 aromatic carbocycles. The zero-order valence-electron chi connectivity index (χ0n) is 18.6. The second-order valence-electron chi connectivity index (χ2n) is 8.62. The summed E-state index contributed by atoms with van der Waals surface area (Å²) in [7, 11) is 0. The fourth-order valence-electron chi connectivity index (χ4n) is 3.97. The van der Waals surface area contributed by atoms with Gasteiger partial charge >= 0.3 is 0 Å². The molecule has 1 aromatic heterocycles. The molecule has 4 rings (SSSR count). The van der Waals surface area contributed by atoms with Crippen LogP contribution in [0.4, 0.5) is 5.69 Å². The second kappa shape index (κ2) is 10.1. The van der Waals surface area contributed by atoms with Crippen LogP contribution in [0.25, 0.3) is 0 Å². The van der Waals surface area contributed by atoms with E-state index in [1.165, 1.54) is 5.56 Å². The van der Waals surface area contributed by atoms with Crippen LogP contribution in [0.2, 0.25) is 0 Å². The average Bonchev–Trinajstić information content (AvgIpc) is 3.22. The normalized spacial score (nSPS) is 14.4. The lowest BCUT2D eigenvalue weighted by molar-refractivity contribution is -0.115. The molecule has 32 heavy (non-hydrogen) atoms. The molecule has 0 unspecified atom stereocenters. The molecule has 1 fully saturated rings. The third kappa shape index (κ3) is 5.62. The Morgan fingerprint density at radius 3 is 2.59 bits per heavy atom. The Labute approximate surface area is 193 Å². The molecule has 0 spiro atoms. The monoisotopic (exact) mass is 447 g/mol. The third-order valence-corrected chi connectivity index (χ3v) is 6.86. The van der Waals surface area contributed by atoms with Gasteiger partial charge in [-0.3, -0.25) is 9.59 Å². The van der Waals surface area contributed by atoms with Gasteiger partial charge in [0, 0.05) is 36.1 Å². The number of aryl methyl sites for hydroxylation is 1. The summed E-state index contributed by atoms with van der Waals surface area (Å²) in [4.78, 5) is 31.9. The number of likely N-dealkylation sites (tertiary alicyclic amines) is 1. The number of aromatic nitrogens is 1. The Bertz CT molecular complexity index is 1090. The van der Waals surface area contributed by atoms with Gasteiger partial charge < -0.3 is 10.2 Å². The van der Waals surface area contributed by atoms with Crippen molar-refractivity contribution >= 4 is 28.8 Å². The zero-order chi connectivity index (χ0) is 22.5. The van der Waals surface area contributed by atoms with Crippen molar-refractivity contribution in [3.05, 3.63) is 81.3 Å². The number of hydrogen-bond acceptors (Lipinski definition) is 4. The molecular weight excluding hydrogens is 418 g/mol. The van der Waals surface area contributed by atoms with Gasteiger partial charge in [-0.2, -0.15) is 0 Å². The molecule has 3 aromatic rings. The van der Waals surface area contributed by atoms with Crippen LogP contribution in [0.15, 0.2) is 53.9 Å². The first-order valence-electron chi connectivity index (χ1n) is 11.1. The topological polar surface area (TPSA) is 62.3 Å². The number of thiazole rings is 1. The molecule has 1 aliphatic heterocycles. The Kier molecular flexibility index (Phi) is 7.00. The minimum absolute atomic E-state index is 0.0753. The molecule has 6 heteroatoms. The molecule has 0 aliphatic carbocycles. The van der Waals surface area contributed by atoms with E-state index in [9.17, 15) is 9.59 Å². The highest BCUT2D eigenvalue weighted by molar-refractivity contribution is 7.09. The standard InChI is InChI=1S/C26H29N3O2S/c1-18-10-12-29(13-11-18)26(31)21-8-9-23(19(2)14-21)28-24(30)16-22-17-32-25(27-22)15-20-6-4-3-5-7-20/h3-9,14,17-18H,10-13,15-16H2,1-2H3,(H,28,30). The van der Waals surface area contributed by atoms with Crippen LogP contribution < -0.4 is 5.32 Å². The third-order valence-electron chi connectivity index (χ3n) is 5.96. The number of amides is 2. The average molecular weight is 448 g/mol. The van der Waals surface area contributed by atoms with Gasteiger partial charge in [0.2, 0.25) is 5.91 Å². The Morgan fingerprint density at radius 1 is 1.12 bits per heavy atom. The molecule has 0 bridgehead atoms. The summed E-state index contributed by atoms with van der Waals surface area (Å²) < 4.78 is 0. The van der Waals surface area contributed by atoms with Crippen LogP contribution >= 0.6 is 11.3 Å².